The Morgan fingerprint density at radius 1 is 1.00 bits per heavy atom. The molecule has 0 aliphatic carbocycles. The zero-order valence-electron chi connectivity index (χ0n) is 9.63. The molecule has 0 bridgehead atoms. The Bertz CT molecular complexity index is 523. The van der Waals surface area contributed by atoms with Crippen molar-refractivity contribution < 1.29 is 4.79 Å². The number of para-hydroxylation sites is 2. The van der Waals surface area contributed by atoms with Gasteiger partial charge in [0, 0.05) is 12.7 Å². The van der Waals surface area contributed by atoms with Gasteiger partial charge in [-0.15, -0.1) is 0 Å². The lowest BCUT2D eigenvalue weighted by Crippen LogP contribution is -2.18. The van der Waals surface area contributed by atoms with E-state index < -0.39 is 5.91 Å². The number of nitrogens with two attached hydrogens (primary N) is 1. The second kappa shape index (κ2) is 4.70. The molecule has 0 unspecified atom stereocenters. The van der Waals surface area contributed by atoms with E-state index in [1.165, 1.54) is 0 Å². The number of carbonyl (C=O) groups excluding carboxylic acids is 1. The summed E-state index contributed by atoms with van der Waals surface area (Å²) >= 11 is 0. The average Bonchev–Trinajstić information content (AvgIpc) is 2.39. The van der Waals surface area contributed by atoms with Crippen LogP contribution in [0.5, 0.6) is 0 Å². The first kappa shape index (κ1) is 11.2. The van der Waals surface area contributed by atoms with Crippen LogP contribution in [-0.4, -0.2) is 13.0 Å². The van der Waals surface area contributed by atoms with Crippen molar-refractivity contribution in [2.45, 2.75) is 0 Å². The standard InChI is InChI=1S/C14H14N2O/c1-16(11-7-3-2-4-8-11)13-10-6-5-9-12(13)14(15)17/h2-10H,1H3,(H2,15,17). The number of primary amides is 1. The van der Waals surface area contributed by atoms with Gasteiger partial charge in [0.1, 0.15) is 0 Å². The van der Waals surface area contributed by atoms with Gasteiger partial charge < -0.3 is 10.6 Å². The van der Waals surface area contributed by atoms with E-state index in [9.17, 15) is 4.79 Å². The molecule has 0 radical (unpaired) electrons. The Hall–Kier alpha value is -2.29. The van der Waals surface area contributed by atoms with Gasteiger partial charge in [0.25, 0.3) is 5.91 Å². The van der Waals surface area contributed by atoms with Gasteiger partial charge in [-0.3, -0.25) is 4.79 Å². The number of anilines is 2. The lowest BCUT2D eigenvalue weighted by Gasteiger charge is -2.21. The molecule has 0 spiro atoms. The molecule has 0 saturated carbocycles. The molecule has 0 aliphatic heterocycles. The smallest absolute Gasteiger partial charge is 0.250 e. The van der Waals surface area contributed by atoms with Gasteiger partial charge in [-0.25, -0.2) is 0 Å². The fourth-order valence-electron chi connectivity index (χ4n) is 1.77. The molecule has 2 N–H and O–H groups in total. The number of nitrogens with zero attached hydrogens (tertiary/aromatic N) is 1. The molecule has 2 aromatic carbocycles. The Labute approximate surface area is 100 Å². The van der Waals surface area contributed by atoms with Gasteiger partial charge in [-0.1, -0.05) is 30.3 Å². The summed E-state index contributed by atoms with van der Waals surface area (Å²) in [6.45, 7) is 0. The third-order valence-corrected chi connectivity index (χ3v) is 2.67. The zero-order valence-corrected chi connectivity index (χ0v) is 9.63. The SMILES string of the molecule is CN(c1ccccc1)c1ccccc1C(N)=O. The highest BCUT2D eigenvalue weighted by Crippen LogP contribution is 2.26. The molecule has 0 aromatic heterocycles. The second-order valence-corrected chi connectivity index (χ2v) is 3.78. The molecular formula is C14H14N2O. The van der Waals surface area contributed by atoms with Crippen molar-refractivity contribution in [1.82, 2.24) is 0 Å². The summed E-state index contributed by atoms with van der Waals surface area (Å²) in [7, 11) is 1.91. The minimum absolute atomic E-state index is 0.414. The van der Waals surface area contributed by atoms with Crippen LogP contribution in [0.25, 0.3) is 0 Å². The Balaban J connectivity index is 2.44. The van der Waals surface area contributed by atoms with Crippen LogP contribution < -0.4 is 10.6 Å². The van der Waals surface area contributed by atoms with E-state index in [-0.39, 0.29) is 0 Å². The molecule has 3 heteroatoms. The predicted octanol–water partition coefficient (Wildman–Crippen LogP) is 2.55. The van der Waals surface area contributed by atoms with Crippen LogP contribution >= 0.6 is 0 Å². The van der Waals surface area contributed by atoms with Crippen LogP contribution in [-0.2, 0) is 0 Å². The quantitative estimate of drug-likeness (QED) is 0.874. The third kappa shape index (κ3) is 2.28. The predicted molar refractivity (Wildman–Crippen MR) is 69.5 cm³/mol. The molecule has 86 valence electrons. The normalized spacial score (nSPS) is 9.94. The molecule has 0 saturated heterocycles. The van der Waals surface area contributed by atoms with Crippen LogP contribution in [0.1, 0.15) is 10.4 Å². The fourth-order valence-corrected chi connectivity index (χ4v) is 1.77. The first-order chi connectivity index (χ1) is 8.20. The van der Waals surface area contributed by atoms with Gasteiger partial charge in [0.05, 0.1) is 11.3 Å². The van der Waals surface area contributed by atoms with E-state index >= 15 is 0 Å². The average molecular weight is 226 g/mol. The largest absolute Gasteiger partial charge is 0.366 e. The molecule has 0 fully saturated rings. The number of carbonyl (C=O) groups is 1. The molecule has 0 aliphatic rings. The summed E-state index contributed by atoms with van der Waals surface area (Å²) in [6.07, 6.45) is 0. The first-order valence-electron chi connectivity index (χ1n) is 5.38. The lowest BCUT2D eigenvalue weighted by molar-refractivity contribution is 0.100. The van der Waals surface area contributed by atoms with Crippen LogP contribution in [0, 0.1) is 0 Å². The summed E-state index contributed by atoms with van der Waals surface area (Å²) in [4.78, 5) is 13.3. The molecule has 2 rings (SSSR count). The topological polar surface area (TPSA) is 46.3 Å². The maximum Gasteiger partial charge on any atom is 0.250 e. The van der Waals surface area contributed by atoms with Gasteiger partial charge in [-0.2, -0.15) is 0 Å². The fraction of sp³-hybridized carbons (Fsp3) is 0.0714. The molecule has 0 atom stereocenters. The Morgan fingerprint density at radius 2 is 1.59 bits per heavy atom. The van der Waals surface area contributed by atoms with E-state index in [0.717, 1.165) is 11.4 Å². The van der Waals surface area contributed by atoms with Crippen LogP contribution in [0.3, 0.4) is 0 Å². The van der Waals surface area contributed by atoms with Crippen LogP contribution in [0.4, 0.5) is 11.4 Å². The first-order valence-corrected chi connectivity index (χ1v) is 5.38. The minimum atomic E-state index is -0.414. The summed E-state index contributed by atoms with van der Waals surface area (Å²) in [5, 5.41) is 0. The van der Waals surface area contributed by atoms with Crippen molar-refractivity contribution in [2.24, 2.45) is 5.73 Å². The Morgan fingerprint density at radius 3 is 2.24 bits per heavy atom. The van der Waals surface area contributed by atoms with Crippen LogP contribution in [0.15, 0.2) is 54.6 Å². The van der Waals surface area contributed by atoms with Crippen molar-refractivity contribution in [1.29, 1.82) is 0 Å². The summed E-state index contributed by atoms with van der Waals surface area (Å²) in [5.41, 5.74) is 7.72. The Kier molecular flexibility index (Phi) is 3.10. The monoisotopic (exact) mass is 226 g/mol. The molecular weight excluding hydrogens is 212 g/mol. The van der Waals surface area contributed by atoms with Gasteiger partial charge in [-0.05, 0) is 24.3 Å². The molecule has 17 heavy (non-hydrogen) atoms. The van der Waals surface area contributed by atoms with Gasteiger partial charge in [0.15, 0.2) is 0 Å². The zero-order chi connectivity index (χ0) is 12.3. The lowest BCUT2D eigenvalue weighted by atomic mass is 10.1. The summed E-state index contributed by atoms with van der Waals surface area (Å²) < 4.78 is 0. The van der Waals surface area contributed by atoms with Crippen molar-refractivity contribution in [3.05, 3.63) is 60.2 Å². The second-order valence-electron chi connectivity index (χ2n) is 3.78. The summed E-state index contributed by atoms with van der Waals surface area (Å²) in [6, 6.07) is 17.2. The van der Waals surface area contributed by atoms with E-state index in [0.29, 0.717) is 5.56 Å². The maximum absolute atomic E-state index is 11.4. The highest BCUT2D eigenvalue weighted by molar-refractivity contribution is 5.99. The van der Waals surface area contributed by atoms with E-state index in [1.54, 1.807) is 6.07 Å². The summed E-state index contributed by atoms with van der Waals surface area (Å²) in [5.74, 6) is -0.414. The third-order valence-electron chi connectivity index (χ3n) is 2.67. The number of rotatable bonds is 3. The highest BCUT2D eigenvalue weighted by atomic mass is 16.1. The van der Waals surface area contributed by atoms with E-state index in [2.05, 4.69) is 0 Å². The van der Waals surface area contributed by atoms with Gasteiger partial charge in [0.2, 0.25) is 0 Å². The number of hydrogen-bond donors (Lipinski definition) is 1. The minimum Gasteiger partial charge on any atom is -0.366 e. The number of amides is 1. The molecule has 1 amide bonds. The van der Waals surface area contributed by atoms with E-state index in [1.807, 2.05) is 60.5 Å². The van der Waals surface area contributed by atoms with Crippen LogP contribution in [0.2, 0.25) is 0 Å². The molecule has 2 aromatic rings. The van der Waals surface area contributed by atoms with E-state index in [4.69, 9.17) is 5.73 Å². The van der Waals surface area contributed by atoms with Crippen molar-refractivity contribution in [2.75, 3.05) is 11.9 Å². The molecule has 3 nitrogen and oxygen atoms in total. The van der Waals surface area contributed by atoms with Gasteiger partial charge >= 0.3 is 0 Å². The maximum atomic E-state index is 11.4. The van der Waals surface area contributed by atoms with Crippen molar-refractivity contribution in [3.63, 3.8) is 0 Å². The number of hydrogen-bond acceptors (Lipinski definition) is 2. The number of benzene rings is 2. The van der Waals surface area contributed by atoms with Crippen molar-refractivity contribution >= 4 is 17.3 Å². The molecule has 0 heterocycles. The van der Waals surface area contributed by atoms with Crippen molar-refractivity contribution in [3.8, 4) is 0 Å². The highest BCUT2D eigenvalue weighted by Gasteiger charge is 2.11.